The topological polar surface area (TPSA) is 127 Å². The molecule has 32 heavy (non-hydrogen) atoms. The summed E-state index contributed by atoms with van der Waals surface area (Å²) < 4.78 is 11.5. The summed E-state index contributed by atoms with van der Waals surface area (Å²) in [6.45, 7) is 2.06. The van der Waals surface area contributed by atoms with E-state index in [1.807, 2.05) is 0 Å². The Morgan fingerprint density at radius 1 is 1.22 bits per heavy atom. The molecule has 0 saturated carbocycles. The highest BCUT2D eigenvalue weighted by molar-refractivity contribution is 9.10. The molecule has 2 aromatic rings. The highest BCUT2D eigenvalue weighted by Gasteiger charge is 2.32. The molecule has 166 valence electrons. The van der Waals surface area contributed by atoms with Crippen LogP contribution >= 0.6 is 27.7 Å². The second-order valence-corrected chi connectivity index (χ2v) is 8.42. The van der Waals surface area contributed by atoms with Crippen LogP contribution in [0.1, 0.15) is 29.3 Å². The van der Waals surface area contributed by atoms with Gasteiger partial charge in [-0.1, -0.05) is 11.8 Å². The molecule has 1 unspecified atom stereocenters. The zero-order valence-electron chi connectivity index (χ0n) is 16.8. The van der Waals surface area contributed by atoms with Gasteiger partial charge in [0.05, 0.1) is 24.8 Å². The maximum absolute atomic E-state index is 11.7. The van der Waals surface area contributed by atoms with Gasteiger partial charge in [0, 0.05) is 10.0 Å². The molecule has 9 nitrogen and oxygen atoms in total. The smallest absolute Gasteiger partial charge is 0.338 e. The number of aliphatic carboxylic acids is 1. The van der Waals surface area contributed by atoms with Gasteiger partial charge in [0.15, 0.2) is 5.17 Å². The molecule has 1 aliphatic rings. The third-order valence-electron chi connectivity index (χ3n) is 4.05. The van der Waals surface area contributed by atoms with Gasteiger partial charge in [-0.2, -0.15) is 5.10 Å². The van der Waals surface area contributed by atoms with Crippen molar-refractivity contribution >= 4 is 56.9 Å². The summed E-state index contributed by atoms with van der Waals surface area (Å²) in [4.78, 5) is 34.2. The molecule has 0 spiro atoms. The maximum atomic E-state index is 11.7. The summed E-state index contributed by atoms with van der Waals surface area (Å²) in [6, 6.07) is 11.9. The van der Waals surface area contributed by atoms with E-state index in [0.29, 0.717) is 28.1 Å². The Kier molecular flexibility index (Phi) is 8.01. The lowest BCUT2D eigenvalue weighted by atomic mass is 10.2. The Bertz CT molecular complexity index is 1090. The van der Waals surface area contributed by atoms with Crippen LogP contribution in [-0.4, -0.2) is 46.2 Å². The first-order valence-electron chi connectivity index (χ1n) is 9.40. The predicted octanol–water partition coefficient (Wildman–Crippen LogP) is 3.81. The van der Waals surface area contributed by atoms with Crippen molar-refractivity contribution in [3.05, 3.63) is 58.1 Å². The zero-order chi connectivity index (χ0) is 23.1. The van der Waals surface area contributed by atoms with Crippen molar-refractivity contribution in [1.82, 2.24) is 5.32 Å². The van der Waals surface area contributed by atoms with E-state index in [1.165, 1.54) is 6.21 Å². The fraction of sp³-hybridized carbons (Fsp3) is 0.190. The molecule has 3 rings (SSSR count). The quantitative estimate of drug-likeness (QED) is 0.308. The van der Waals surface area contributed by atoms with Gasteiger partial charge in [-0.25, -0.2) is 4.79 Å². The molecule has 2 aromatic carbocycles. The number of carboxylic acids is 1. The summed E-state index contributed by atoms with van der Waals surface area (Å²) >= 11 is 4.48. The molecule has 2 N–H and O–H groups in total. The minimum Gasteiger partial charge on any atom is -0.481 e. The Labute approximate surface area is 196 Å². The van der Waals surface area contributed by atoms with Gasteiger partial charge in [0.1, 0.15) is 16.7 Å². The molecule has 0 bridgehead atoms. The van der Waals surface area contributed by atoms with Gasteiger partial charge in [-0.05, 0) is 65.3 Å². The highest BCUT2D eigenvalue weighted by atomic mass is 79.9. The van der Waals surface area contributed by atoms with Gasteiger partial charge >= 0.3 is 11.9 Å². The summed E-state index contributed by atoms with van der Waals surface area (Å²) in [7, 11) is 0. The molecule has 1 amide bonds. The number of carbonyl (C=O) groups excluding carboxylic acids is 2. The highest BCUT2D eigenvalue weighted by Crippen LogP contribution is 2.27. The van der Waals surface area contributed by atoms with E-state index in [-0.39, 0.29) is 17.6 Å². The van der Waals surface area contributed by atoms with Crippen LogP contribution in [0.4, 0.5) is 0 Å². The van der Waals surface area contributed by atoms with Crippen molar-refractivity contribution in [2.75, 3.05) is 6.61 Å². The van der Waals surface area contributed by atoms with Crippen LogP contribution in [0.5, 0.6) is 11.5 Å². The number of thioether (sulfide) groups is 1. The molecule has 1 fully saturated rings. The third-order valence-corrected chi connectivity index (χ3v) is 5.81. The molecule has 0 aliphatic carbocycles. The lowest BCUT2D eigenvalue weighted by Gasteiger charge is -2.08. The normalized spacial score (nSPS) is 16.9. The van der Waals surface area contributed by atoms with Crippen LogP contribution in [0, 0.1) is 0 Å². The summed E-state index contributed by atoms with van der Waals surface area (Å²) in [5, 5.41) is 18.7. The summed E-state index contributed by atoms with van der Waals surface area (Å²) in [6.07, 6.45) is 1.21. The molecule has 1 atom stereocenters. The minimum atomic E-state index is -1.05. The van der Waals surface area contributed by atoms with E-state index >= 15 is 0 Å². The number of carboxylic acid groups (broad SMARTS) is 1. The largest absolute Gasteiger partial charge is 0.481 e. The molecule has 0 radical (unpaired) electrons. The first-order chi connectivity index (χ1) is 15.4. The van der Waals surface area contributed by atoms with E-state index in [0.717, 1.165) is 17.3 Å². The van der Waals surface area contributed by atoms with E-state index in [2.05, 4.69) is 31.4 Å². The molecule has 1 saturated heterocycles. The Morgan fingerprint density at radius 3 is 2.59 bits per heavy atom. The Hall–Kier alpha value is -3.18. The standard InChI is InChI=1S/C21H18BrN3O6S/c1-2-30-20(29)12-3-6-14(7-4-12)31-15-8-5-13(16(22)9-15)11-23-25-21-24-19(28)17(32-21)10-18(26)27/h3-9,11,17H,2,10H2,1H3,(H,26,27)(H,24,25,28). The van der Waals surface area contributed by atoms with Gasteiger partial charge in [-0.3, -0.25) is 9.59 Å². The van der Waals surface area contributed by atoms with Crippen LogP contribution in [0.3, 0.4) is 0 Å². The number of ether oxygens (including phenoxy) is 2. The molecular formula is C21H18BrN3O6S. The monoisotopic (exact) mass is 519 g/mol. The number of nitrogens with zero attached hydrogens (tertiary/aromatic N) is 2. The number of rotatable bonds is 8. The second kappa shape index (κ2) is 10.9. The van der Waals surface area contributed by atoms with Crippen LogP contribution < -0.4 is 10.1 Å². The van der Waals surface area contributed by atoms with E-state index in [9.17, 15) is 14.4 Å². The first-order valence-corrected chi connectivity index (χ1v) is 11.1. The average Bonchev–Trinajstić information content (AvgIpc) is 3.08. The number of halogens is 1. The number of hydrogen-bond acceptors (Lipinski definition) is 8. The number of carbonyl (C=O) groups is 3. The number of amidine groups is 1. The van der Waals surface area contributed by atoms with Crippen molar-refractivity contribution in [2.45, 2.75) is 18.6 Å². The minimum absolute atomic E-state index is 0.250. The van der Waals surface area contributed by atoms with Crippen LogP contribution in [0.2, 0.25) is 0 Å². The van der Waals surface area contributed by atoms with E-state index < -0.39 is 17.1 Å². The number of benzene rings is 2. The van der Waals surface area contributed by atoms with E-state index in [1.54, 1.807) is 49.4 Å². The van der Waals surface area contributed by atoms with Crippen LogP contribution in [0.15, 0.2) is 57.1 Å². The fourth-order valence-corrected chi connectivity index (χ4v) is 3.95. The van der Waals surface area contributed by atoms with Gasteiger partial charge in [-0.15, -0.1) is 5.10 Å². The fourth-order valence-electron chi connectivity index (χ4n) is 2.57. The summed E-state index contributed by atoms with van der Waals surface area (Å²) in [5.74, 6) is -0.711. The van der Waals surface area contributed by atoms with Crippen molar-refractivity contribution in [3.8, 4) is 11.5 Å². The van der Waals surface area contributed by atoms with Crippen LogP contribution in [0.25, 0.3) is 0 Å². The van der Waals surface area contributed by atoms with Crippen molar-refractivity contribution < 1.29 is 29.0 Å². The Morgan fingerprint density at radius 2 is 1.94 bits per heavy atom. The number of amides is 1. The number of nitrogens with one attached hydrogen (secondary N) is 1. The number of esters is 1. The second-order valence-electron chi connectivity index (χ2n) is 6.37. The van der Waals surface area contributed by atoms with Crippen molar-refractivity contribution in [3.63, 3.8) is 0 Å². The van der Waals surface area contributed by atoms with Gasteiger partial charge in [0.2, 0.25) is 5.91 Å². The molecule has 1 heterocycles. The predicted molar refractivity (Wildman–Crippen MR) is 123 cm³/mol. The lowest BCUT2D eigenvalue weighted by Crippen LogP contribution is -2.26. The maximum Gasteiger partial charge on any atom is 0.338 e. The first kappa shape index (κ1) is 23.5. The molecule has 1 aliphatic heterocycles. The Balaban J connectivity index is 1.61. The lowest BCUT2D eigenvalue weighted by molar-refractivity contribution is -0.138. The van der Waals surface area contributed by atoms with Crippen LogP contribution in [-0.2, 0) is 14.3 Å². The van der Waals surface area contributed by atoms with Crippen molar-refractivity contribution in [2.24, 2.45) is 10.2 Å². The van der Waals surface area contributed by atoms with Gasteiger partial charge < -0.3 is 19.9 Å². The van der Waals surface area contributed by atoms with E-state index in [4.69, 9.17) is 14.6 Å². The zero-order valence-corrected chi connectivity index (χ0v) is 19.2. The number of hydrogen-bond donors (Lipinski definition) is 2. The average molecular weight is 520 g/mol. The van der Waals surface area contributed by atoms with Gasteiger partial charge in [0.25, 0.3) is 0 Å². The molecule has 0 aromatic heterocycles. The third kappa shape index (κ3) is 6.41. The summed E-state index contributed by atoms with van der Waals surface area (Å²) in [5.41, 5.74) is 1.16. The van der Waals surface area contributed by atoms with Crippen molar-refractivity contribution in [1.29, 1.82) is 0 Å². The molecule has 11 heteroatoms. The SMILES string of the molecule is CCOC(=O)c1ccc(Oc2ccc(C=NN=C3NC(=O)C(CC(=O)O)S3)c(Br)c2)cc1. The molecular weight excluding hydrogens is 502 g/mol.